The van der Waals surface area contributed by atoms with Crippen LogP contribution in [0.3, 0.4) is 0 Å². The second kappa shape index (κ2) is 9.28. The fraction of sp³-hybridized carbons (Fsp3) is 0.240. The van der Waals surface area contributed by atoms with Crippen molar-refractivity contribution in [3.05, 3.63) is 76.7 Å². The third-order valence-corrected chi connectivity index (χ3v) is 6.85. The van der Waals surface area contributed by atoms with Crippen molar-refractivity contribution in [1.82, 2.24) is 25.2 Å². The lowest BCUT2D eigenvalue weighted by molar-refractivity contribution is 0.0276. The molecular weight excluding hydrogens is 450 g/mol. The highest BCUT2D eigenvalue weighted by Crippen LogP contribution is 2.25. The van der Waals surface area contributed by atoms with E-state index in [0.717, 1.165) is 21.3 Å². The minimum Gasteiger partial charge on any atom is -0.355 e. The van der Waals surface area contributed by atoms with E-state index in [1.807, 2.05) is 38.1 Å². The number of nitrogens with one attached hydrogen (secondary N) is 1. The maximum Gasteiger partial charge on any atom is 0.276 e. The number of thiazole rings is 1. The first kappa shape index (κ1) is 22.1. The summed E-state index contributed by atoms with van der Waals surface area (Å²) in [5.41, 5.74) is 6.97. The standard InChI is InChI=1S/C25H23N5O3S/c1-15-6-7-17(12-16(15)2)21-22(27-9-8-26-21)25(32)30-10-11-33-20(30)13-28-24(31)18-4-3-5-19-23(18)34-14-29-19/h3-9,12,14,20H,10-11,13H2,1-2H3,(H,28,31). The number of carbonyl (C=O) groups is 2. The second-order valence-electron chi connectivity index (χ2n) is 8.09. The van der Waals surface area contributed by atoms with E-state index in [1.165, 1.54) is 23.1 Å². The molecule has 8 nitrogen and oxygen atoms in total. The van der Waals surface area contributed by atoms with E-state index in [0.29, 0.717) is 24.4 Å². The van der Waals surface area contributed by atoms with Gasteiger partial charge >= 0.3 is 0 Å². The van der Waals surface area contributed by atoms with Gasteiger partial charge in [-0.3, -0.25) is 14.6 Å². The monoisotopic (exact) mass is 473 g/mol. The predicted molar refractivity (Wildman–Crippen MR) is 130 cm³/mol. The molecule has 0 saturated carbocycles. The number of hydrogen-bond donors (Lipinski definition) is 1. The summed E-state index contributed by atoms with van der Waals surface area (Å²) in [6, 6.07) is 11.4. The topological polar surface area (TPSA) is 97.3 Å². The Bertz CT molecular complexity index is 1390. The summed E-state index contributed by atoms with van der Waals surface area (Å²) in [5.74, 6) is -0.504. The van der Waals surface area contributed by atoms with E-state index >= 15 is 0 Å². The van der Waals surface area contributed by atoms with Crippen LogP contribution in [0.2, 0.25) is 0 Å². The van der Waals surface area contributed by atoms with Crippen LogP contribution in [0.5, 0.6) is 0 Å². The van der Waals surface area contributed by atoms with Gasteiger partial charge in [-0.05, 0) is 43.2 Å². The Morgan fingerprint density at radius 1 is 1.12 bits per heavy atom. The molecule has 1 atom stereocenters. The average Bonchev–Trinajstić information content (AvgIpc) is 3.53. The lowest BCUT2D eigenvalue weighted by Crippen LogP contribution is -2.44. The molecule has 1 aliphatic heterocycles. The highest BCUT2D eigenvalue weighted by atomic mass is 32.1. The molecule has 0 spiro atoms. The van der Waals surface area contributed by atoms with Crippen LogP contribution in [0, 0.1) is 13.8 Å². The lowest BCUT2D eigenvalue weighted by atomic mass is 10.0. The van der Waals surface area contributed by atoms with Crippen LogP contribution in [-0.4, -0.2) is 57.6 Å². The van der Waals surface area contributed by atoms with Crippen LogP contribution in [0.1, 0.15) is 32.0 Å². The van der Waals surface area contributed by atoms with Crippen molar-refractivity contribution in [1.29, 1.82) is 0 Å². The molecule has 0 bridgehead atoms. The summed E-state index contributed by atoms with van der Waals surface area (Å²) in [7, 11) is 0. The minimum absolute atomic E-state index is 0.166. The van der Waals surface area contributed by atoms with Crippen LogP contribution < -0.4 is 5.32 Å². The maximum absolute atomic E-state index is 13.5. The van der Waals surface area contributed by atoms with E-state index in [1.54, 1.807) is 28.7 Å². The van der Waals surface area contributed by atoms with Crippen molar-refractivity contribution < 1.29 is 14.3 Å². The van der Waals surface area contributed by atoms with Crippen LogP contribution >= 0.6 is 11.3 Å². The van der Waals surface area contributed by atoms with E-state index in [2.05, 4.69) is 20.3 Å². The Labute approximate surface area is 200 Å². The number of ether oxygens (including phenoxy) is 1. The summed E-state index contributed by atoms with van der Waals surface area (Å²) in [5, 5.41) is 2.90. The molecule has 2 aromatic carbocycles. The largest absolute Gasteiger partial charge is 0.355 e. The molecule has 1 saturated heterocycles. The Hall–Kier alpha value is -3.69. The van der Waals surface area contributed by atoms with E-state index in [9.17, 15) is 9.59 Å². The molecule has 172 valence electrons. The zero-order valence-corrected chi connectivity index (χ0v) is 19.6. The van der Waals surface area contributed by atoms with Gasteiger partial charge in [-0.25, -0.2) is 9.97 Å². The number of amides is 2. The predicted octanol–water partition coefficient (Wildman–Crippen LogP) is 3.60. The van der Waals surface area contributed by atoms with Crippen molar-refractivity contribution in [3.63, 3.8) is 0 Å². The molecular formula is C25H23N5O3S. The number of aryl methyl sites for hydroxylation is 2. The third-order valence-electron chi connectivity index (χ3n) is 5.97. The van der Waals surface area contributed by atoms with Gasteiger partial charge in [0.25, 0.3) is 11.8 Å². The van der Waals surface area contributed by atoms with Crippen molar-refractivity contribution in [2.75, 3.05) is 19.7 Å². The highest BCUT2D eigenvalue weighted by molar-refractivity contribution is 7.17. The van der Waals surface area contributed by atoms with Crippen molar-refractivity contribution in [2.45, 2.75) is 20.1 Å². The van der Waals surface area contributed by atoms with Crippen molar-refractivity contribution in [3.8, 4) is 11.3 Å². The normalized spacial score (nSPS) is 15.6. The van der Waals surface area contributed by atoms with Crippen LogP contribution in [0.25, 0.3) is 21.5 Å². The Balaban J connectivity index is 1.34. The number of carbonyl (C=O) groups excluding carboxylic acids is 2. The van der Waals surface area contributed by atoms with Gasteiger partial charge in [0.2, 0.25) is 0 Å². The molecule has 3 heterocycles. The van der Waals surface area contributed by atoms with Gasteiger partial charge < -0.3 is 15.0 Å². The van der Waals surface area contributed by atoms with Gasteiger partial charge in [-0.15, -0.1) is 11.3 Å². The summed E-state index contributed by atoms with van der Waals surface area (Å²) in [4.78, 5) is 41.0. The summed E-state index contributed by atoms with van der Waals surface area (Å²) in [6.07, 6.45) is 2.51. The van der Waals surface area contributed by atoms with Gasteiger partial charge in [-0.2, -0.15) is 0 Å². The molecule has 1 unspecified atom stereocenters. The first-order chi connectivity index (χ1) is 16.5. The molecule has 5 rings (SSSR count). The molecule has 0 radical (unpaired) electrons. The Morgan fingerprint density at radius 2 is 1.97 bits per heavy atom. The summed E-state index contributed by atoms with van der Waals surface area (Å²) >= 11 is 1.42. The number of rotatable bonds is 5. The van der Waals surface area contributed by atoms with Gasteiger partial charge in [0.05, 0.1) is 34.4 Å². The Morgan fingerprint density at radius 3 is 2.82 bits per heavy atom. The molecule has 2 amide bonds. The van der Waals surface area contributed by atoms with Gasteiger partial charge in [0, 0.05) is 24.5 Å². The average molecular weight is 474 g/mol. The molecule has 9 heteroatoms. The first-order valence-corrected chi connectivity index (χ1v) is 11.8. The van der Waals surface area contributed by atoms with Crippen LogP contribution in [0.4, 0.5) is 0 Å². The van der Waals surface area contributed by atoms with E-state index in [-0.39, 0.29) is 24.1 Å². The summed E-state index contributed by atoms with van der Waals surface area (Å²) < 4.78 is 6.61. The number of aromatic nitrogens is 3. The molecule has 34 heavy (non-hydrogen) atoms. The molecule has 1 aliphatic rings. The molecule has 4 aromatic rings. The molecule has 1 fully saturated rings. The van der Waals surface area contributed by atoms with E-state index < -0.39 is 6.23 Å². The summed E-state index contributed by atoms with van der Waals surface area (Å²) in [6.45, 7) is 5.02. The molecule has 1 N–H and O–H groups in total. The van der Waals surface area contributed by atoms with Crippen LogP contribution in [-0.2, 0) is 4.74 Å². The van der Waals surface area contributed by atoms with Crippen LogP contribution in [0.15, 0.2) is 54.3 Å². The van der Waals surface area contributed by atoms with E-state index in [4.69, 9.17) is 4.74 Å². The quantitative estimate of drug-likeness (QED) is 0.476. The second-order valence-corrected chi connectivity index (χ2v) is 8.95. The zero-order valence-electron chi connectivity index (χ0n) is 18.8. The number of hydrogen-bond acceptors (Lipinski definition) is 7. The van der Waals surface area contributed by atoms with Crippen molar-refractivity contribution >= 4 is 33.4 Å². The maximum atomic E-state index is 13.5. The van der Waals surface area contributed by atoms with Gasteiger partial charge in [-0.1, -0.05) is 18.2 Å². The fourth-order valence-electron chi connectivity index (χ4n) is 3.99. The number of nitrogens with zero attached hydrogens (tertiary/aromatic N) is 4. The molecule has 2 aromatic heterocycles. The van der Waals surface area contributed by atoms with Gasteiger partial charge in [0.1, 0.15) is 11.9 Å². The SMILES string of the molecule is Cc1ccc(-c2nccnc2C(=O)N2CCOC2CNC(=O)c2cccc3ncsc23)cc1C. The fourth-order valence-corrected chi connectivity index (χ4v) is 4.79. The third kappa shape index (κ3) is 4.15. The number of benzene rings is 2. The number of fused-ring (bicyclic) bond motifs is 1. The zero-order chi connectivity index (χ0) is 23.7. The molecule has 0 aliphatic carbocycles. The lowest BCUT2D eigenvalue weighted by Gasteiger charge is -2.23. The minimum atomic E-state index is -0.591. The highest BCUT2D eigenvalue weighted by Gasteiger charge is 2.33. The Kier molecular flexibility index (Phi) is 6.04. The van der Waals surface area contributed by atoms with Gasteiger partial charge in [0.15, 0.2) is 5.69 Å². The smallest absolute Gasteiger partial charge is 0.276 e. The van der Waals surface area contributed by atoms with Crippen molar-refractivity contribution in [2.24, 2.45) is 0 Å². The first-order valence-electron chi connectivity index (χ1n) is 10.9.